The minimum Gasteiger partial charge on any atom is -0.481 e. The summed E-state index contributed by atoms with van der Waals surface area (Å²) < 4.78 is 0. The molecule has 1 atom stereocenters. The van der Waals surface area contributed by atoms with Crippen molar-refractivity contribution in [2.45, 2.75) is 38.6 Å². The molecule has 0 unspecified atom stereocenters. The van der Waals surface area contributed by atoms with Gasteiger partial charge in [0.05, 0.1) is 24.7 Å². The van der Waals surface area contributed by atoms with E-state index in [1.54, 1.807) is 11.8 Å². The molecule has 2 heterocycles. The summed E-state index contributed by atoms with van der Waals surface area (Å²) >= 11 is 0. The van der Waals surface area contributed by atoms with Gasteiger partial charge in [-0.05, 0) is 25.8 Å². The molecular weight excluding hydrogens is 272 g/mol. The number of carboxylic acid groups (broad SMARTS) is 1. The number of aliphatic carboxylic acids is 1. The lowest BCUT2D eigenvalue weighted by molar-refractivity contribution is -0.137. The SMILES string of the molecule is Cc1nc(CCC(=O)O)cc([C@H]2CCCN2C(=O)CN)n1. The number of hydrogen-bond acceptors (Lipinski definition) is 5. The van der Waals surface area contributed by atoms with Gasteiger partial charge in [-0.25, -0.2) is 9.97 Å². The third-order valence-corrected chi connectivity index (χ3v) is 3.59. The highest BCUT2D eigenvalue weighted by Crippen LogP contribution is 2.31. The van der Waals surface area contributed by atoms with E-state index in [2.05, 4.69) is 9.97 Å². The lowest BCUT2D eigenvalue weighted by atomic mass is 10.1. The van der Waals surface area contributed by atoms with Crippen molar-refractivity contribution < 1.29 is 14.7 Å². The number of carbonyl (C=O) groups excluding carboxylic acids is 1. The fourth-order valence-corrected chi connectivity index (χ4v) is 2.68. The Morgan fingerprint density at radius 2 is 2.24 bits per heavy atom. The Kier molecular flexibility index (Phi) is 4.85. The first-order valence-electron chi connectivity index (χ1n) is 7.07. The van der Waals surface area contributed by atoms with Gasteiger partial charge in [-0.3, -0.25) is 9.59 Å². The molecule has 0 radical (unpaired) electrons. The maximum absolute atomic E-state index is 11.9. The van der Waals surface area contributed by atoms with Crippen LogP contribution in [0.5, 0.6) is 0 Å². The molecule has 1 aliphatic rings. The molecule has 0 bridgehead atoms. The molecule has 1 aromatic heterocycles. The average molecular weight is 292 g/mol. The fraction of sp³-hybridized carbons (Fsp3) is 0.571. The summed E-state index contributed by atoms with van der Waals surface area (Å²) in [5.41, 5.74) is 6.92. The van der Waals surface area contributed by atoms with E-state index in [1.807, 2.05) is 6.07 Å². The molecule has 0 aliphatic carbocycles. The van der Waals surface area contributed by atoms with Gasteiger partial charge in [-0.15, -0.1) is 0 Å². The van der Waals surface area contributed by atoms with Gasteiger partial charge in [-0.1, -0.05) is 0 Å². The summed E-state index contributed by atoms with van der Waals surface area (Å²) in [6, 6.07) is 1.73. The van der Waals surface area contributed by atoms with E-state index < -0.39 is 5.97 Å². The van der Waals surface area contributed by atoms with Crippen molar-refractivity contribution in [1.29, 1.82) is 0 Å². The van der Waals surface area contributed by atoms with E-state index in [0.717, 1.165) is 18.5 Å². The zero-order valence-corrected chi connectivity index (χ0v) is 12.1. The Morgan fingerprint density at radius 3 is 2.90 bits per heavy atom. The lowest BCUT2D eigenvalue weighted by Gasteiger charge is -2.24. The van der Waals surface area contributed by atoms with E-state index in [4.69, 9.17) is 10.8 Å². The molecule has 2 rings (SSSR count). The molecule has 0 aromatic carbocycles. The molecule has 1 saturated heterocycles. The van der Waals surface area contributed by atoms with E-state index in [1.165, 1.54) is 0 Å². The van der Waals surface area contributed by atoms with Gasteiger partial charge in [0.1, 0.15) is 5.82 Å². The molecule has 1 fully saturated rings. The predicted molar refractivity (Wildman–Crippen MR) is 75.5 cm³/mol. The van der Waals surface area contributed by atoms with Crippen LogP contribution in [0.4, 0.5) is 0 Å². The zero-order chi connectivity index (χ0) is 15.4. The van der Waals surface area contributed by atoms with E-state index in [-0.39, 0.29) is 24.9 Å². The fourth-order valence-electron chi connectivity index (χ4n) is 2.68. The molecule has 1 aromatic rings. The van der Waals surface area contributed by atoms with Crippen LogP contribution in [0.2, 0.25) is 0 Å². The van der Waals surface area contributed by atoms with E-state index >= 15 is 0 Å². The number of amides is 1. The Labute approximate surface area is 123 Å². The zero-order valence-electron chi connectivity index (χ0n) is 12.1. The summed E-state index contributed by atoms with van der Waals surface area (Å²) in [7, 11) is 0. The van der Waals surface area contributed by atoms with Crippen molar-refractivity contribution in [2.75, 3.05) is 13.1 Å². The van der Waals surface area contributed by atoms with Crippen LogP contribution in [-0.4, -0.2) is 44.9 Å². The summed E-state index contributed by atoms with van der Waals surface area (Å²) in [4.78, 5) is 33.0. The van der Waals surface area contributed by atoms with Gasteiger partial charge >= 0.3 is 5.97 Å². The van der Waals surface area contributed by atoms with Crippen molar-refractivity contribution in [3.8, 4) is 0 Å². The van der Waals surface area contributed by atoms with Crippen molar-refractivity contribution in [3.63, 3.8) is 0 Å². The second-order valence-corrected chi connectivity index (χ2v) is 5.17. The van der Waals surface area contributed by atoms with Crippen molar-refractivity contribution in [1.82, 2.24) is 14.9 Å². The first-order valence-corrected chi connectivity index (χ1v) is 7.07. The highest BCUT2D eigenvalue weighted by atomic mass is 16.4. The third-order valence-electron chi connectivity index (χ3n) is 3.59. The summed E-state index contributed by atoms with van der Waals surface area (Å²) in [5, 5.41) is 8.76. The quantitative estimate of drug-likeness (QED) is 0.814. The van der Waals surface area contributed by atoms with Crippen LogP contribution < -0.4 is 5.73 Å². The Morgan fingerprint density at radius 1 is 1.48 bits per heavy atom. The molecule has 7 heteroatoms. The topological polar surface area (TPSA) is 109 Å². The number of aryl methyl sites for hydroxylation is 2. The smallest absolute Gasteiger partial charge is 0.303 e. The van der Waals surface area contributed by atoms with Crippen LogP contribution in [0.1, 0.15) is 42.5 Å². The lowest BCUT2D eigenvalue weighted by Crippen LogP contribution is -2.35. The van der Waals surface area contributed by atoms with Gasteiger partial charge in [0, 0.05) is 18.7 Å². The Balaban J connectivity index is 2.22. The van der Waals surface area contributed by atoms with Crippen molar-refractivity contribution in [3.05, 3.63) is 23.3 Å². The van der Waals surface area contributed by atoms with Crippen LogP contribution in [0.3, 0.4) is 0 Å². The minimum atomic E-state index is -0.853. The highest BCUT2D eigenvalue weighted by molar-refractivity contribution is 5.78. The van der Waals surface area contributed by atoms with E-state index in [0.29, 0.717) is 24.5 Å². The van der Waals surface area contributed by atoms with Crippen LogP contribution in [-0.2, 0) is 16.0 Å². The molecule has 0 saturated carbocycles. The van der Waals surface area contributed by atoms with Crippen LogP contribution in [0.25, 0.3) is 0 Å². The molecule has 1 amide bonds. The number of likely N-dealkylation sites (tertiary alicyclic amines) is 1. The van der Waals surface area contributed by atoms with Gasteiger partial charge in [0.2, 0.25) is 5.91 Å². The molecule has 3 N–H and O–H groups in total. The Hall–Kier alpha value is -2.02. The number of aromatic nitrogens is 2. The maximum atomic E-state index is 11.9. The maximum Gasteiger partial charge on any atom is 0.303 e. The first-order chi connectivity index (χ1) is 10.0. The number of nitrogens with two attached hydrogens (primary N) is 1. The molecule has 0 spiro atoms. The van der Waals surface area contributed by atoms with Gasteiger partial charge in [0.15, 0.2) is 0 Å². The van der Waals surface area contributed by atoms with Crippen LogP contribution in [0, 0.1) is 6.92 Å². The molecule has 7 nitrogen and oxygen atoms in total. The first kappa shape index (κ1) is 15.4. The van der Waals surface area contributed by atoms with Crippen molar-refractivity contribution >= 4 is 11.9 Å². The van der Waals surface area contributed by atoms with Crippen molar-refractivity contribution in [2.24, 2.45) is 5.73 Å². The van der Waals surface area contributed by atoms with Gasteiger partial charge in [0.25, 0.3) is 0 Å². The number of rotatable bonds is 5. The summed E-state index contributed by atoms with van der Waals surface area (Å²) in [6.07, 6.45) is 2.17. The second kappa shape index (κ2) is 6.62. The van der Waals surface area contributed by atoms with Gasteiger partial charge < -0.3 is 15.7 Å². The third kappa shape index (κ3) is 3.75. The summed E-state index contributed by atoms with van der Waals surface area (Å²) in [6.45, 7) is 2.46. The number of carboxylic acids is 1. The number of carbonyl (C=O) groups is 2. The second-order valence-electron chi connectivity index (χ2n) is 5.17. The Bertz CT molecular complexity index is 547. The van der Waals surface area contributed by atoms with Crippen LogP contribution in [0.15, 0.2) is 6.07 Å². The standard InChI is InChI=1S/C14H20N4O3/c1-9-16-10(4-5-14(20)21)7-11(17-9)12-3-2-6-18(12)13(19)8-15/h7,12H,2-6,8,15H2,1H3,(H,20,21)/t12-/m1/s1. The largest absolute Gasteiger partial charge is 0.481 e. The molecular formula is C14H20N4O3. The van der Waals surface area contributed by atoms with E-state index in [9.17, 15) is 9.59 Å². The number of hydrogen-bond donors (Lipinski definition) is 2. The molecule has 1 aliphatic heterocycles. The monoisotopic (exact) mass is 292 g/mol. The predicted octanol–water partition coefficient (Wildman–Crippen LogP) is 0.424. The van der Waals surface area contributed by atoms with Crippen LogP contribution >= 0.6 is 0 Å². The molecule has 114 valence electrons. The average Bonchev–Trinajstić information content (AvgIpc) is 2.93. The van der Waals surface area contributed by atoms with Gasteiger partial charge in [-0.2, -0.15) is 0 Å². The normalized spacial score (nSPS) is 18.0. The molecule has 21 heavy (non-hydrogen) atoms. The summed E-state index contributed by atoms with van der Waals surface area (Å²) in [5.74, 6) is -0.339. The minimum absolute atomic E-state index is 0.00750. The number of nitrogens with zero attached hydrogens (tertiary/aromatic N) is 3. The highest BCUT2D eigenvalue weighted by Gasteiger charge is 2.30.